The molecule has 0 atom stereocenters. The molecule has 0 aliphatic heterocycles. The van der Waals surface area contributed by atoms with Crippen LogP contribution in [0.1, 0.15) is 117 Å². The lowest BCUT2D eigenvalue weighted by Gasteiger charge is -2.31. The van der Waals surface area contributed by atoms with Gasteiger partial charge >= 0.3 is 0 Å². The molecule has 0 amide bonds. The minimum Gasteiger partial charge on any atom is -0.396 e. The highest BCUT2D eigenvalue weighted by molar-refractivity contribution is 5.91. The second-order valence-electron chi connectivity index (χ2n) is 8.59. The van der Waals surface area contributed by atoms with Crippen molar-refractivity contribution in [3.05, 3.63) is 11.6 Å². The van der Waals surface area contributed by atoms with Crippen molar-refractivity contribution in [2.75, 3.05) is 6.61 Å². The Morgan fingerprint density at radius 2 is 1.24 bits per heavy atom. The summed E-state index contributed by atoms with van der Waals surface area (Å²) >= 11 is 0. The highest BCUT2D eigenvalue weighted by Gasteiger charge is 2.27. The second kappa shape index (κ2) is 13.6. The van der Waals surface area contributed by atoms with E-state index in [9.17, 15) is 4.79 Å². The maximum atomic E-state index is 11.6. The Hall–Kier alpha value is -0.630. The number of hydrogen-bond acceptors (Lipinski definition) is 2. The molecular weight excluding hydrogens is 308 g/mol. The summed E-state index contributed by atoms with van der Waals surface area (Å²) in [6.07, 6.45) is 21.8. The minimum absolute atomic E-state index is 0.242. The first-order valence-corrected chi connectivity index (χ1v) is 10.9. The third-order valence-electron chi connectivity index (χ3n) is 5.81. The van der Waals surface area contributed by atoms with E-state index in [4.69, 9.17) is 5.11 Å². The Morgan fingerprint density at radius 1 is 0.800 bits per heavy atom. The van der Waals surface area contributed by atoms with E-state index in [0.717, 1.165) is 25.7 Å². The summed E-state index contributed by atoms with van der Waals surface area (Å²) in [5.41, 5.74) is 1.63. The predicted molar refractivity (Wildman–Crippen MR) is 108 cm³/mol. The maximum absolute atomic E-state index is 11.6. The highest BCUT2D eigenvalue weighted by atomic mass is 16.2. The molecule has 1 rings (SSSR count). The summed E-state index contributed by atoms with van der Waals surface area (Å²) in [5.74, 6) is 0.336. The zero-order chi connectivity index (χ0) is 18.4. The molecule has 0 saturated carbocycles. The van der Waals surface area contributed by atoms with E-state index in [1.807, 2.05) is 6.08 Å². The van der Waals surface area contributed by atoms with Gasteiger partial charge in [-0.15, -0.1) is 0 Å². The molecule has 1 N–H and O–H groups in total. The van der Waals surface area contributed by atoms with Crippen LogP contribution in [0, 0.1) is 5.41 Å². The Labute approximate surface area is 156 Å². The molecule has 0 heterocycles. The van der Waals surface area contributed by atoms with Crippen molar-refractivity contribution in [2.24, 2.45) is 5.41 Å². The quantitative estimate of drug-likeness (QED) is 0.331. The Bertz CT molecular complexity index is 382. The van der Waals surface area contributed by atoms with Crippen molar-refractivity contribution in [3.63, 3.8) is 0 Å². The highest BCUT2D eigenvalue weighted by Crippen LogP contribution is 2.38. The van der Waals surface area contributed by atoms with Crippen molar-refractivity contribution in [1.82, 2.24) is 0 Å². The van der Waals surface area contributed by atoms with Crippen LogP contribution in [-0.4, -0.2) is 17.5 Å². The third-order valence-corrected chi connectivity index (χ3v) is 5.81. The smallest absolute Gasteiger partial charge is 0.155 e. The number of aliphatic hydroxyl groups excluding tert-OH is 1. The topological polar surface area (TPSA) is 37.3 Å². The molecule has 0 fully saturated rings. The monoisotopic (exact) mass is 350 g/mol. The van der Waals surface area contributed by atoms with E-state index < -0.39 is 0 Å². The number of carbonyl (C=O) groups excluding carboxylic acids is 1. The van der Waals surface area contributed by atoms with Gasteiger partial charge < -0.3 is 5.11 Å². The number of rotatable bonds is 15. The first-order chi connectivity index (χ1) is 12.1. The van der Waals surface area contributed by atoms with Crippen LogP contribution >= 0.6 is 0 Å². The summed E-state index contributed by atoms with van der Waals surface area (Å²) in [6.45, 7) is 4.93. The van der Waals surface area contributed by atoms with E-state index in [-0.39, 0.29) is 5.41 Å². The molecule has 1 aliphatic rings. The average molecular weight is 351 g/mol. The van der Waals surface area contributed by atoms with Crippen LogP contribution in [0.4, 0.5) is 0 Å². The number of aliphatic hydroxyl groups is 1. The fourth-order valence-electron chi connectivity index (χ4n) is 3.84. The molecule has 0 aromatic heterocycles. The largest absolute Gasteiger partial charge is 0.396 e. The van der Waals surface area contributed by atoms with Crippen LogP contribution in [0.2, 0.25) is 0 Å². The van der Waals surface area contributed by atoms with E-state index in [1.54, 1.807) is 0 Å². The maximum Gasteiger partial charge on any atom is 0.155 e. The van der Waals surface area contributed by atoms with Crippen molar-refractivity contribution < 1.29 is 9.90 Å². The van der Waals surface area contributed by atoms with Crippen LogP contribution in [-0.2, 0) is 4.79 Å². The fourth-order valence-corrected chi connectivity index (χ4v) is 3.84. The van der Waals surface area contributed by atoms with Crippen molar-refractivity contribution in [1.29, 1.82) is 0 Å². The first kappa shape index (κ1) is 22.4. The molecule has 0 radical (unpaired) electrons. The van der Waals surface area contributed by atoms with Gasteiger partial charge in [0.25, 0.3) is 0 Å². The molecule has 0 aromatic rings. The summed E-state index contributed by atoms with van der Waals surface area (Å²) in [4.78, 5) is 11.6. The van der Waals surface area contributed by atoms with Crippen molar-refractivity contribution in [3.8, 4) is 0 Å². The SMILES string of the molecule is CC1(C)CCC(=O)C=C1CCCCCCCCCCCCCCCO. The van der Waals surface area contributed by atoms with Gasteiger partial charge in [-0.1, -0.05) is 90.0 Å². The number of hydrogen-bond donors (Lipinski definition) is 1. The summed E-state index contributed by atoms with van der Waals surface area (Å²) in [6, 6.07) is 0. The predicted octanol–water partition coefficient (Wildman–Crippen LogP) is 6.76. The van der Waals surface area contributed by atoms with Crippen molar-refractivity contribution >= 4 is 5.78 Å². The van der Waals surface area contributed by atoms with Crippen LogP contribution in [0.3, 0.4) is 0 Å². The molecule has 2 heteroatoms. The molecule has 1 aliphatic carbocycles. The average Bonchev–Trinajstić information content (AvgIpc) is 2.58. The Kier molecular flexibility index (Phi) is 12.2. The van der Waals surface area contributed by atoms with Crippen molar-refractivity contribution in [2.45, 2.75) is 117 Å². The number of carbonyl (C=O) groups is 1. The Balaban J connectivity index is 1.88. The number of allylic oxidation sites excluding steroid dienone is 2. The summed E-state index contributed by atoms with van der Waals surface area (Å²) < 4.78 is 0. The van der Waals surface area contributed by atoms with Gasteiger partial charge in [-0.25, -0.2) is 0 Å². The zero-order valence-electron chi connectivity index (χ0n) is 17.0. The number of unbranched alkanes of at least 4 members (excludes halogenated alkanes) is 12. The lowest BCUT2D eigenvalue weighted by Crippen LogP contribution is -2.22. The Morgan fingerprint density at radius 3 is 1.72 bits per heavy atom. The normalized spacial score (nSPS) is 16.9. The number of ketones is 1. The minimum atomic E-state index is 0.242. The van der Waals surface area contributed by atoms with Gasteiger partial charge in [0.05, 0.1) is 0 Å². The van der Waals surface area contributed by atoms with Gasteiger partial charge in [-0.2, -0.15) is 0 Å². The molecule has 146 valence electrons. The van der Waals surface area contributed by atoms with E-state index in [2.05, 4.69) is 13.8 Å². The molecule has 0 unspecified atom stereocenters. The molecule has 0 aromatic carbocycles. The molecule has 0 spiro atoms. The van der Waals surface area contributed by atoms with Gasteiger partial charge in [-0.05, 0) is 37.2 Å². The van der Waals surface area contributed by atoms with Crippen LogP contribution in [0.5, 0.6) is 0 Å². The van der Waals surface area contributed by atoms with Gasteiger partial charge in [0.1, 0.15) is 0 Å². The summed E-state index contributed by atoms with van der Waals surface area (Å²) in [7, 11) is 0. The molecule has 0 bridgehead atoms. The molecule has 25 heavy (non-hydrogen) atoms. The molecule has 2 nitrogen and oxygen atoms in total. The van der Waals surface area contributed by atoms with Crippen LogP contribution in [0.15, 0.2) is 11.6 Å². The lowest BCUT2D eigenvalue weighted by molar-refractivity contribution is -0.115. The third kappa shape index (κ3) is 10.8. The van der Waals surface area contributed by atoms with Gasteiger partial charge in [0, 0.05) is 13.0 Å². The first-order valence-electron chi connectivity index (χ1n) is 10.9. The fraction of sp³-hybridized carbons (Fsp3) is 0.870. The van der Waals surface area contributed by atoms with E-state index in [1.165, 1.54) is 82.6 Å². The standard InChI is InChI=1S/C23H42O2/c1-23(2)18-17-22(25)20-21(23)16-14-12-10-8-6-4-3-5-7-9-11-13-15-19-24/h20,24H,3-19H2,1-2H3. The molecular formula is C23H42O2. The van der Waals surface area contributed by atoms with Gasteiger partial charge in [0.15, 0.2) is 5.78 Å². The second-order valence-corrected chi connectivity index (χ2v) is 8.59. The van der Waals surface area contributed by atoms with E-state index in [0.29, 0.717) is 12.4 Å². The lowest BCUT2D eigenvalue weighted by atomic mass is 9.73. The molecule has 0 saturated heterocycles. The zero-order valence-corrected chi connectivity index (χ0v) is 17.0. The van der Waals surface area contributed by atoms with Crippen LogP contribution < -0.4 is 0 Å². The van der Waals surface area contributed by atoms with Crippen LogP contribution in [0.25, 0.3) is 0 Å². The van der Waals surface area contributed by atoms with Gasteiger partial charge in [-0.3, -0.25) is 4.79 Å². The summed E-state index contributed by atoms with van der Waals surface area (Å²) in [5, 5.41) is 8.73. The van der Waals surface area contributed by atoms with Gasteiger partial charge in [0.2, 0.25) is 0 Å². The van der Waals surface area contributed by atoms with E-state index >= 15 is 0 Å².